The second kappa shape index (κ2) is 8.75. The van der Waals surface area contributed by atoms with Crippen LogP contribution in [0.4, 0.5) is 4.79 Å². The molecule has 2 atom stereocenters. The van der Waals surface area contributed by atoms with Gasteiger partial charge in [0.15, 0.2) is 0 Å². The summed E-state index contributed by atoms with van der Waals surface area (Å²) in [6.07, 6.45) is 0.0325. The molecule has 0 aliphatic carbocycles. The molecular formula is C23H36ClN3O3. The molecule has 1 aliphatic rings. The van der Waals surface area contributed by atoms with E-state index in [2.05, 4.69) is 19.2 Å². The van der Waals surface area contributed by atoms with Gasteiger partial charge in [-0.25, -0.2) is 4.79 Å². The van der Waals surface area contributed by atoms with E-state index in [0.29, 0.717) is 24.5 Å². The number of carbonyl (C=O) groups excluding carboxylic acids is 2. The fraction of sp³-hybridized carbons (Fsp3) is 0.652. The number of ether oxygens (including phenoxy) is 1. The van der Waals surface area contributed by atoms with Crippen LogP contribution in [0.2, 0.25) is 5.02 Å². The highest BCUT2D eigenvalue weighted by atomic mass is 35.5. The van der Waals surface area contributed by atoms with Crippen LogP contribution in [0.5, 0.6) is 0 Å². The van der Waals surface area contributed by atoms with Crippen molar-refractivity contribution in [3.05, 3.63) is 34.9 Å². The average Bonchev–Trinajstić information content (AvgIpc) is 2.60. The quantitative estimate of drug-likeness (QED) is 0.735. The van der Waals surface area contributed by atoms with Crippen molar-refractivity contribution in [1.82, 2.24) is 10.2 Å². The number of amides is 2. The van der Waals surface area contributed by atoms with Gasteiger partial charge in [0.2, 0.25) is 5.91 Å². The fourth-order valence-corrected chi connectivity index (χ4v) is 4.09. The molecule has 30 heavy (non-hydrogen) atoms. The predicted octanol–water partition coefficient (Wildman–Crippen LogP) is 4.30. The highest BCUT2D eigenvalue weighted by Crippen LogP contribution is 2.44. The first-order valence-corrected chi connectivity index (χ1v) is 10.9. The molecular weight excluding hydrogens is 402 g/mol. The lowest BCUT2D eigenvalue weighted by molar-refractivity contribution is -0.140. The average molecular weight is 438 g/mol. The number of carbonyl (C=O) groups is 2. The number of hydrogen-bond acceptors (Lipinski definition) is 4. The zero-order valence-electron chi connectivity index (χ0n) is 19.2. The van der Waals surface area contributed by atoms with Crippen LogP contribution in [0.15, 0.2) is 24.3 Å². The molecule has 3 N–H and O–H groups in total. The van der Waals surface area contributed by atoms with Crippen LogP contribution in [0.1, 0.15) is 60.5 Å². The third-order valence-electron chi connectivity index (χ3n) is 5.85. The van der Waals surface area contributed by atoms with Crippen molar-refractivity contribution in [3.8, 4) is 0 Å². The van der Waals surface area contributed by atoms with Crippen LogP contribution in [-0.4, -0.2) is 41.6 Å². The summed E-state index contributed by atoms with van der Waals surface area (Å²) >= 11 is 6.04. The second-order valence-electron chi connectivity index (χ2n) is 10.2. The molecule has 1 fully saturated rings. The van der Waals surface area contributed by atoms with Crippen LogP contribution < -0.4 is 11.1 Å². The summed E-state index contributed by atoms with van der Waals surface area (Å²) in [4.78, 5) is 27.4. The number of alkyl carbamates (subject to hydrolysis) is 1. The molecule has 1 aromatic carbocycles. The van der Waals surface area contributed by atoms with Crippen LogP contribution in [-0.2, 0) is 15.1 Å². The topological polar surface area (TPSA) is 84.7 Å². The summed E-state index contributed by atoms with van der Waals surface area (Å²) in [5, 5.41) is 3.43. The Hall–Kier alpha value is -1.79. The first-order valence-electron chi connectivity index (χ1n) is 10.5. The molecule has 0 saturated carbocycles. The van der Waals surface area contributed by atoms with Crippen molar-refractivity contribution in [2.45, 2.75) is 72.1 Å². The van der Waals surface area contributed by atoms with E-state index in [1.807, 2.05) is 43.0 Å². The Kier molecular flexibility index (Phi) is 7.14. The Morgan fingerprint density at radius 1 is 1.20 bits per heavy atom. The maximum atomic E-state index is 13.3. The van der Waals surface area contributed by atoms with Gasteiger partial charge in [-0.15, -0.1) is 0 Å². The lowest BCUT2D eigenvalue weighted by atomic mass is 9.64. The third kappa shape index (κ3) is 5.46. The Bertz CT molecular complexity index is 771. The van der Waals surface area contributed by atoms with Crippen LogP contribution in [0, 0.1) is 11.3 Å². The van der Waals surface area contributed by atoms with E-state index in [-0.39, 0.29) is 17.2 Å². The van der Waals surface area contributed by atoms with Crippen molar-refractivity contribution in [2.75, 3.05) is 13.1 Å². The first kappa shape index (κ1) is 24.5. The molecule has 1 aromatic rings. The van der Waals surface area contributed by atoms with E-state index in [0.717, 1.165) is 5.56 Å². The monoisotopic (exact) mass is 437 g/mol. The molecule has 7 heteroatoms. The summed E-state index contributed by atoms with van der Waals surface area (Å²) in [5.74, 6) is -0.184. The van der Waals surface area contributed by atoms with E-state index in [9.17, 15) is 9.59 Å². The number of likely N-dealkylation sites (tertiary alicyclic amines) is 1. The summed E-state index contributed by atoms with van der Waals surface area (Å²) in [7, 11) is 0. The van der Waals surface area contributed by atoms with Gasteiger partial charge in [-0.2, -0.15) is 0 Å². The molecule has 2 amide bonds. The van der Waals surface area contributed by atoms with Crippen molar-refractivity contribution >= 4 is 23.6 Å². The molecule has 0 spiro atoms. The second-order valence-corrected chi connectivity index (χ2v) is 10.7. The van der Waals surface area contributed by atoms with Crippen LogP contribution in [0.3, 0.4) is 0 Å². The Morgan fingerprint density at radius 3 is 2.23 bits per heavy atom. The summed E-state index contributed by atoms with van der Waals surface area (Å²) in [6, 6.07) is 6.96. The minimum absolute atomic E-state index is 0.0750. The summed E-state index contributed by atoms with van der Waals surface area (Å²) in [5.41, 5.74) is 6.31. The smallest absolute Gasteiger partial charge is 0.408 e. The highest BCUT2D eigenvalue weighted by Gasteiger charge is 2.49. The molecule has 6 nitrogen and oxygen atoms in total. The molecule has 1 saturated heterocycles. The van der Waals surface area contributed by atoms with Crippen molar-refractivity contribution in [2.24, 2.45) is 17.1 Å². The van der Waals surface area contributed by atoms with Crippen molar-refractivity contribution < 1.29 is 14.3 Å². The standard InChI is InChI=1S/C23H36ClN3O3/c1-15(2)18(26-20(29)30-21(3,4)5)19(28)27-13-12-23(25,22(6,7)14-27)16-8-10-17(24)11-9-16/h8-11,15,18H,12-14,25H2,1-7H3,(H,26,29)/t18?,23-/m1/s1. The Morgan fingerprint density at radius 2 is 1.77 bits per heavy atom. The van der Waals surface area contributed by atoms with Gasteiger partial charge in [0.1, 0.15) is 11.6 Å². The number of piperidine rings is 1. The molecule has 0 radical (unpaired) electrons. The number of nitrogens with zero attached hydrogens (tertiary/aromatic N) is 1. The summed E-state index contributed by atoms with van der Waals surface area (Å²) in [6.45, 7) is 14.4. The van der Waals surface area contributed by atoms with Gasteiger partial charge in [0.05, 0.1) is 0 Å². The predicted molar refractivity (Wildman–Crippen MR) is 120 cm³/mol. The van der Waals surface area contributed by atoms with Crippen LogP contribution in [0.25, 0.3) is 0 Å². The van der Waals surface area contributed by atoms with Gasteiger partial charge < -0.3 is 20.7 Å². The Labute approximate surface area is 185 Å². The minimum Gasteiger partial charge on any atom is -0.444 e. The van der Waals surface area contributed by atoms with Gasteiger partial charge >= 0.3 is 6.09 Å². The number of rotatable bonds is 4. The van der Waals surface area contributed by atoms with E-state index >= 15 is 0 Å². The Balaban J connectivity index is 2.17. The lowest BCUT2D eigenvalue weighted by Crippen LogP contribution is -2.63. The first-order chi connectivity index (χ1) is 13.7. The molecule has 0 aromatic heterocycles. The van der Waals surface area contributed by atoms with E-state index in [1.54, 1.807) is 20.8 Å². The zero-order valence-corrected chi connectivity index (χ0v) is 20.0. The molecule has 168 valence electrons. The number of benzene rings is 1. The van der Waals surface area contributed by atoms with Gasteiger partial charge in [0, 0.05) is 29.1 Å². The number of nitrogens with one attached hydrogen (secondary N) is 1. The molecule has 1 heterocycles. The van der Waals surface area contributed by atoms with Gasteiger partial charge in [-0.1, -0.05) is 51.4 Å². The zero-order chi connectivity index (χ0) is 22.9. The van der Waals surface area contributed by atoms with E-state index in [1.165, 1.54) is 0 Å². The number of nitrogens with two attached hydrogens (primary N) is 1. The summed E-state index contributed by atoms with van der Waals surface area (Å²) < 4.78 is 5.35. The SMILES string of the molecule is CC(C)C(NC(=O)OC(C)(C)C)C(=O)N1CC[C@@](N)(c2ccc(Cl)cc2)C(C)(C)C1. The van der Waals surface area contributed by atoms with Crippen molar-refractivity contribution in [1.29, 1.82) is 0 Å². The molecule has 0 bridgehead atoms. The number of hydrogen-bond donors (Lipinski definition) is 2. The molecule has 1 aliphatic heterocycles. The highest BCUT2D eigenvalue weighted by molar-refractivity contribution is 6.30. The van der Waals surface area contributed by atoms with Crippen LogP contribution >= 0.6 is 11.6 Å². The van der Waals surface area contributed by atoms with Gasteiger partial charge in [-0.05, 0) is 50.8 Å². The van der Waals surface area contributed by atoms with E-state index < -0.39 is 23.3 Å². The third-order valence-corrected chi connectivity index (χ3v) is 6.10. The van der Waals surface area contributed by atoms with Crippen molar-refractivity contribution in [3.63, 3.8) is 0 Å². The van der Waals surface area contributed by atoms with Gasteiger partial charge in [-0.3, -0.25) is 4.79 Å². The normalized spacial score (nSPS) is 22.5. The van der Waals surface area contributed by atoms with E-state index in [4.69, 9.17) is 22.1 Å². The molecule has 2 rings (SSSR count). The largest absolute Gasteiger partial charge is 0.444 e. The maximum Gasteiger partial charge on any atom is 0.408 e. The fourth-order valence-electron chi connectivity index (χ4n) is 3.96. The lowest BCUT2D eigenvalue weighted by Gasteiger charge is -2.52. The maximum absolute atomic E-state index is 13.3. The minimum atomic E-state index is -0.656. The molecule has 1 unspecified atom stereocenters. The number of halogens is 1. The van der Waals surface area contributed by atoms with Gasteiger partial charge in [0.25, 0.3) is 0 Å².